The molecule has 1 aromatic heterocycles. The van der Waals surface area contributed by atoms with Gasteiger partial charge in [-0.1, -0.05) is 67.1 Å². The number of nitrogens with one attached hydrogen (secondary N) is 2. The van der Waals surface area contributed by atoms with Crippen molar-refractivity contribution < 1.29 is 14.3 Å². The third kappa shape index (κ3) is 6.11. The van der Waals surface area contributed by atoms with Crippen molar-refractivity contribution >= 4 is 28.3 Å². The molecule has 2 N–H and O–H groups in total. The predicted molar refractivity (Wildman–Crippen MR) is 122 cm³/mol. The van der Waals surface area contributed by atoms with Crippen molar-refractivity contribution in [3.05, 3.63) is 59.7 Å². The van der Waals surface area contributed by atoms with E-state index in [4.69, 9.17) is 4.74 Å². The zero-order valence-electron chi connectivity index (χ0n) is 18.0. The van der Waals surface area contributed by atoms with Crippen LogP contribution in [0.25, 0.3) is 10.6 Å². The molecule has 0 aliphatic heterocycles. The minimum Gasteiger partial charge on any atom is -0.497 e. The number of hydrogen-bond donors (Lipinski definition) is 2. The normalized spacial score (nSPS) is 11.8. The Hall–Kier alpha value is -3.26. The van der Waals surface area contributed by atoms with E-state index in [1.807, 2.05) is 57.2 Å². The number of rotatable bonds is 8. The fourth-order valence-electron chi connectivity index (χ4n) is 2.96. The van der Waals surface area contributed by atoms with Gasteiger partial charge >= 0.3 is 0 Å². The number of anilines is 1. The molecule has 31 heavy (non-hydrogen) atoms. The van der Waals surface area contributed by atoms with E-state index in [2.05, 4.69) is 20.8 Å². The lowest BCUT2D eigenvalue weighted by atomic mass is 10.0. The molecule has 0 radical (unpaired) electrons. The van der Waals surface area contributed by atoms with Crippen molar-refractivity contribution in [3.8, 4) is 16.3 Å². The molecule has 3 rings (SSSR count). The Morgan fingerprint density at radius 2 is 1.71 bits per heavy atom. The van der Waals surface area contributed by atoms with Crippen LogP contribution >= 0.6 is 11.3 Å². The molecule has 2 amide bonds. The van der Waals surface area contributed by atoms with Crippen LogP contribution in [0.15, 0.2) is 48.5 Å². The van der Waals surface area contributed by atoms with Gasteiger partial charge < -0.3 is 10.1 Å². The van der Waals surface area contributed by atoms with Gasteiger partial charge in [-0.2, -0.15) is 0 Å². The second-order valence-corrected chi connectivity index (χ2v) is 8.56. The first kappa shape index (κ1) is 22.4. The van der Waals surface area contributed by atoms with E-state index in [1.54, 1.807) is 19.2 Å². The lowest BCUT2D eigenvalue weighted by Crippen LogP contribution is -2.47. The highest BCUT2D eigenvalue weighted by molar-refractivity contribution is 7.18. The van der Waals surface area contributed by atoms with E-state index in [9.17, 15) is 9.59 Å². The van der Waals surface area contributed by atoms with Crippen LogP contribution in [-0.4, -0.2) is 35.2 Å². The number of benzene rings is 2. The smallest absolute Gasteiger partial charge is 0.249 e. The van der Waals surface area contributed by atoms with Crippen LogP contribution in [0, 0.1) is 12.8 Å². The molecule has 0 saturated heterocycles. The third-order valence-electron chi connectivity index (χ3n) is 4.74. The SMILES string of the molecule is COc1ccc(CC(=O)NC(C(=O)Nc2nnc(-c3ccc(C)cc3)s2)C(C)C)cc1. The molecule has 7 nitrogen and oxygen atoms in total. The molecule has 0 saturated carbocycles. The maximum Gasteiger partial charge on any atom is 0.249 e. The van der Waals surface area contributed by atoms with Gasteiger partial charge in [0.1, 0.15) is 16.8 Å². The summed E-state index contributed by atoms with van der Waals surface area (Å²) in [5, 5.41) is 15.0. The van der Waals surface area contributed by atoms with Gasteiger partial charge in [0.05, 0.1) is 13.5 Å². The second-order valence-electron chi connectivity index (χ2n) is 7.58. The van der Waals surface area contributed by atoms with E-state index in [0.29, 0.717) is 5.13 Å². The highest BCUT2D eigenvalue weighted by atomic mass is 32.1. The summed E-state index contributed by atoms with van der Waals surface area (Å²) in [5.74, 6) is 0.0938. The molecule has 162 valence electrons. The summed E-state index contributed by atoms with van der Waals surface area (Å²) in [6.45, 7) is 5.79. The first-order valence-electron chi connectivity index (χ1n) is 9.99. The van der Waals surface area contributed by atoms with Crippen molar-refractivity contribution in [2.45, 2.75) is 33.2 Å². The van der Waals surface area contributed by atoms with Crippen molar-refractivity contribution in [2.75, 3.05) is 12.4 Å². The molecule has 3 aromatic rings. The largest absolute Gasteiger partial charge is 0.497 e. The summed E-state index contributed by atoms with van der Waals surface area (Å²) in [4.78, 5) is 25.3. The maximum atomic E-state index is 12.8. The van der Waals surface area contributed by atoms with Crippen molar-refractivity contribution in [3.63, 3.8) is 0 Å². The number of carbonyl (C=O) groups excluding carboxylic acids is 2. The Balaban J connectivity index is 1.62. The number of nitrogens with zero attached hydrogens (tertiary/aromatic N) is 2. The summed E-state index contributed by atoms with van der Waals surface area (Å²) >= 11 is 1.30. The zero-order chi connectivity index (χ0) is 22.4. The zero-order valence-corrected chi connectivity index (χ0v) is 18.8. The number of ether oxygens (including phenoxy) is 1. The van der Waals surface area contributed by atoms with Crippen LogP contribution in [0.4, 0.5) is 5.13 Å². The highest BCUT2D eigenvalue weighted by Crippen LogP contribution is 2.26. The van der Waals surface area contributed by atoms with E-state index in [0.717, 1.165) is 27.4 Å². The van der Waals surface area contributed by atoms with Gasteiger partial charge in [0.2, 0.25) is 16.9 Å². The first-order valence-corrected chi connectivity index (χ1v) is 10.8. The number of amides is 2. The fraction of sp³-hybridized carbons (Fsp3) is 0.304. The molecule has 1 unspecified atom stereocenters. The Labute approximate surface area is 185 Å². The number of aryl methyl sites for hydroxylation is 1. The maximum absolute atomic E-state index is 12.8. The second kappa shape index (κ2) is 10.2. The molecule has 1 heterocycles. The molecule has 0 aliphatic carbocycles. The van der Waals surface area contributed by atoms with Crippen LogP contribution < -0.4 is 15.4 Å². The van der Waals surface area contributed by atoms with Gasteiger partial charge in [0, 0.05) is 5.56 Å². The number of carbonyl (C=O) groups is 2. The van der Waals surface area contributed by atoms with E-state index >= 15 is 0 Å². The standard InChI is InChI=1S/C23H26N4O3S/c1-14(2)20(24-19(28)13-16-7-11-18(30-4)12-8-16)21(29)25-23-27-26-22(31-23)17-9-5-15(3)6-10-17/h5-12,14,20H,13H2,1-4H3,(H,24,28)(H,25,27,29). The summed E-state index contributed by atoms with van der Waals surface area (Å²) in [7, 11) is 1.59. The molecule has 0 fully saturated rings. The van der Waals surface area contributed by atoms with Gasteiger partial charge in [0.15, 0.2) is 0 Å². The van der Waals surface area contributed by atoms with Crippen LogP contribution in [-0.2, 0) is 16.0 Å². The molecular formula is C23H26N4O3S. The van der Waals surface area contributed by atoms with Crippen LogP contribution in [0.1, 0.15) is 25.0 Å². The van der Waals surface area contributed by atoms with Gasteiger partial charge in [-0.15, -0.1) is 10.2 Å². The molecule has 0 spiro atoms. The number of aromatic nitrogens is 2. The van der Waals surface area contributed by atoms with Crippen LogP contribution in [0.3, 0.4) is 0 Å². The summed E-state index contributed by atoms with van der Waals surface area (Å²) < 4.78 is 5.13. The van der Waals surface area contributed by atoms with Gasteiger partial charge in [-0.25, -0.2) is 0 Å². The molecule has 8 heteroatoms. The van der Waals surface area contributed by atoms with E-state index in [-0.39, 0.29) is 24.2 Å². The Bertz CT molecular complexity index is 1030. The number of methoxy groups -OCH3 is 1. The number of hydrogen-bond acceptors (Lipinski definition) is 6. The Kier molecular flexibility index (Phi) is 7.36. The predicted octanol–water partition coefficient (Wildman–Crippen LogP) is 3.84. The van der Waals surface area contributed by atoms with E-state index < -0.39 is 6.04 Å². The average Bonchev–Trinajstić information content (AvgIpc) is 3.21. The van der Waals surface area contributed by atoms with Crippen LogP contribution in [0.5, 0.6) is 5.75 Å². The quantitative estimate of drug-likeness (QED) is 0.557. The third-order valence-corrected chi connectivity index (χ3v) is 5.63. The van der Waals surface area contributed by atoms with Crippen molar-refractivity contribution in [1.29, 1.82) is 0 Å². The monoisotopic (exact) mass is 438 g/mol. The van der Waals surface area contributed by atoms with E-state index in [1.165, 1.54) is 11.3 Å². The molecule has 2 aromatic carbocycles. The summed E-state index contributed by atoms with van der Waals surface area (Å²) in [6, 6.07) is 14.5. The summed E-state index contributed by atoms with van der Waals surface area (Å²) in [6.07, 6.45) is 0.177. The van der Waals surface area contributed by atoms with Crippen molar-refractivity contribution in [1.82, 2.24) is 15.5 Å². The molecule has 1 atom stereocenters. The van der Waals surface area contributed by atoms with Crippen molar-refractivity contribution in [2.24, 2.45) is 5.92 Å². The first-order chi connectivity index (χ1) is 14.9. The fourth-order valence-corrected chi connectivity index (χ4v) is 3.71. The molecule has 0 aliphatic rings. The van der Waals surface area contributed by atoms with Gasteiger partial charge in [-0.3, -0.25) is 14.9 Å². The molecular weight excluding hydrogens is 412 g/mol. The molecule has 0 bridgehead atoms. The lowest BCUT2D eigenvalue weighted by Gasteiger charge is -2.21. The summed E-state index contributed by atoms with van der Waals surface area (Å²) in [5.41, 5.74) is 2.94. The van der Waals surface area contributed by atoms with Crippen LogP contribution in [0.2, 0.25) is 0 Å². The lowest BCUT2D eigenvalue weighted by molar-refractivity contribution is -0.127. The Morgan fingerprint density at radius 3 is 2.32 bits per heavy atom. The topological polar surface area (TPSA) is 93.2 Å². The van der Waals surface area contributed by atoms with Gasteiger partial charge in [0.25, 0.3) is 0 Å². The highest BCUT2D eigenvalue weighted by Gasteiger charge is 2.25. The van der Waals surface area contributed by atoms with Gasteiger partial charge in [-0.05, 0) is 30.5 Å². The minimum absolute atomic E-state index is 0.0932. The minimum atomic E-state index is -0.683. The Morgan fingerprint density at radius 1 is 1.03 bits per heavy atom. The average molecular weight is 439 g/mol.